The minimum absolute atomic E-state index is 0.128. The molecule has 0 radical (unpaired) electrons. The smallest absolute Gasteiger partial charge is 0.261 e. The predicted molar refractivity (Wildman–Crippen MR) is 125 cm³/mol. The van der Waals surface area contributed by atoms with Crippen LogP contribution >= 0.6 is 0 Å². The lowest BCUT2D eigenvalue weighted by atomic mass is 10.1. The van der Waals surface area contributed by atoms with Crippen LogP contribution in [-0.2, 0) is 14.8 Å². The molecule has 0 aliphatic heterocycles. The lowest BCUT2D eigenvalue weighted by Crippen LogP contribution is -2.33. The minimum atomic E-state index is -4.05. The van der Waals surface area contributed by atoms with Gasteiger partial charge in [-0.05, 0) is 67.8 Å². The third-order valence-electron chi connectivity index (χ3n) is 4.99. The number of sulfonamides is 1. The minimum Gasteiger partial charge on any atom is -0.343 e. The lowest BCUT2D eigenvalue weighted by molar-refractivity contribution is -0.115. The van der Waals surface area contributed by atoms with Gasteiger partial charge in [-0.3, -0.25) is 14.3 Å². The molecular formula is C24H24FN3O4S. The molecule has 3 aromatic carbocycles. The third-order valence-corrected chi connectivity index (χ3v) is 6.36. The second-order valence-electron chi connectivity index (χ2n) is 7.59. The topological polar surface area (TPSA) is 104 Å². The van der Waals surface area contributed by atoms with Crippen LogP contribution in [0.5, 0.6) is 0 Å². The lowest BCUT2D eigenvalue weighted by Gasteiger charge is -2.12. The molecule has 0 aliphatic carbocycles. The van der Waals surface area contributed by atoms with E-state index in [-0.39, 0.29) is 28.6 Å². The van der Waals surface area contributed by atoms with Gasteiger partial charge in [0.05, 0.1) is 11.4 Å². The highest BCUT2D eigenvalue weighted by atomic mass is 32.2. The molecular weight excluding hydrogens is 445 g/mol. The van der Waals surface area contributed by atoms with Crippen LogP contribution in [-0.4, -0.2) is 26.8 Å². The van der Waals surface area contributed by atoms with Gasteiger partial charge in [-0.2, -0.15) is 0 Å². The number of carbonyl (C=O) groups excluding carboxylic acids is 2. The van der Waals surface area contributed by atoms with Gasteiger partial charge in [0.2, 0.25) is 5.91 Å². The van der Waals surface area contributed by atoms with Gasteiger partial charge in [-0.15, -0.1) is 0 Å². The van der Waals surface area contributed by atoms with Crippen LogP contribution in [0.3, 0.4) is 0 Å². The number of aryl methyl sites for hydroxylation is 3. The number of amides is 2. The van der Waals surface area contributed by atoms with Crippen molar-refractivity contribution >= 4 is 33.2 Å². The number of benzene rings is 3. The first-order valence-electron chi connectivity index (χ1n) is 10.1. The highest BCUT2D eigenvalue weighted by Gasteiger charge is 2.17. The second kappa shape index (κ2) is 9.83. The quantitative estimate of drug-likeness (QED) is 0.488. The van der Waals surface area contributed by atoms with E-state index in [1.807, 2.05) is 32.0 Å². The summed E-state index contributed by atoms with van der Waals surface area (Å²) >= 11 is 0. The molecule has 0 atom stereocenters. The van der Waals surface area contributed by atoms with Crippen molar-refractivity contribution in [3.8, 4) is 0 Å². The van der Waals surface area contributed by atoms with Gasteiger partial charge in [0.25, 0.3) is 15.9 Å². The summed E-state index contributed by atoms with van der Waals surface area (Å²) in [4.78, 5) is 24.5. The highest BCUT2D eigenvalue weighted by Crippen LogP contribution is 2.20. The zero-order valence-electron chi connectivity index (χ0n) is 18.4. The van der Waals surface area contributed by atoms with Crippen molar-refractivity contribution in [3.63, 3.8) is 0 Å². The third kappa shape index (κ3) is 5.95. The van der Waals surface area contributed by atoms with Crippen molar-refractivity contribution in [1.82, 2.24) is 5.32 Å². The van der Waals surface area contributed by atoms with Crippen molar-refractivity contribution < 1.29 is 22.4 Å². The molecule has 0 fully saturated rings. The normalized spacial score (nSPS) is 11.0. The van der Waals surface area contributed by atoms with E-state index in [1.165, 1.54) is 43.3 Å². The molecule has 0 bridgehead atoms. The Labute approximate surface area is 192 Å². The Hall–Kier alpha value is -3.72. The molecule has 33 heavy (non-hydrogen) atoms. The molecule has 3 rings (SSSR count). The fourth-order valence-electron chi connectivity index (χ4n) is 3.14. The van der Waals surface area contributed by atoms with E-state index in [0.29, 0.717) is 11.3 Å². The van der Waals surface area contributed by atoms with Crippen LogP contribution in [0.1, 0.15) is 27.0 Å². The summed E-state index contributed by atoms with van der Waals surface area (Å²) < 4.78 is 41.2. The van der Waals surface area contributed by atoms with Crippen molar-refractivity contribution in [2.45, 2.75) is 25.7 Å². The second-order valence-corrected chi connectivity index (χ2v) is 9.28. The summed E-state index contributed by atoms with van der Waals surface area (Å²) in [7, 11) is -4.05. The van der Waals surface area contributed by atoms with Crippen molar-refractivity contribution in [1.29, 1.82) is 0 Å². The first-order valence-corrected chi connectivity index (χ1v) is 11.6. The molecule has 0 spiro atoms. The molecule has 0 heterocycles. The number of anilines is 2. The largest absolute Gasteiger partial charge is 0.343 e. The Morgan fingerprint density at radius 1 is 0.879 bits per heavy atom. The van der Waals surface area contributed by atoms with Crippen molar-refractivity contribution in [3.05, 3.63) is 88.7 Å². The van der Waals surface area contributed by atoms with Crippen LogP contribution in [0.15, 0.2) is 65.6 Å². The van der Waals surface area contributed by atoms with Gasteiger partial charge in [0.15, 0.2) is 0 Å². The molecule has 9 heteroatoms. The summed E-state index contributed by atoms with van der Waals surface area (Å²) in [6.07, 6.45) is 0. The van der Waals surface area contributed by atoms with Gasteiger partial charge >= 0.3 is 0 Å². The molecule has 0 unspecified atom stereocenters. The highest BCUT2D eigenvalue weighted by molar-refractivity contribution is 7.92. The van der Waals surface area contributed by atoms with Gasteiger partial charge in [0.1, 0.15) is 5.82 Å². The Balaban J connectivity index is 1.65. The number of carbonyl (C=O) groups is 2. The summed E-state index contributed by atoms with van der Waals surface area (Å²) in [5.41, 5.74) is 3.12. The van der Waals surface area contributed by atoms with Gasteiger partial charge < -0.3 is 10.6 Å². The van der Waals surface area contributed by atoms with Crippen LogP contribution in [0.2, 0.25) is 0 Å². The zero-order chi connectivity index (χ0) is 24.2. The number of nitrogens with one attached hydrogen (secondary N) is 3. The first-order chi connectivity index (χ1) is 15.6. The van der Waals surface area contributed by atoms with E-state index < -0.39 is 21.7 Å². The molecule has 172 valence electrons. The maximum Gasteiger partial charge on any atom is 0.261 e. The number of rotatable bonds is 7. The molecule has 0 aliphatic rings. The SMILES string of the molecule is Cc1ccc(S(=O)(=O)Nc2cccc(C(=O)NCC(=O)Nc3c(C)cccc3C)c2)cc1F. The van der Waals surface area contributed by atoms with Gasteiger partial charge in [0, 0.05) is 16.9 Å². The summed E-state index contributed by atoms with van der Waals surface area (Å²) in [5, 5.41) is 5.29. The molecule has 0 saturated heterocycles. The molecule has 7 nitrogen and oxygen atoms in total. The number of hydrogen-bond acceptors (Lipinski definition) is 4. The maximum atomic E-state index is 13.8. The molecule has 0 saturated carbocycles. The van der Waals surface area contributed by atoms with E-state index in [1.54, 1.807) is 0 Å². The molecule has 3 aromatic rings. The van der Waals surface area contributed by atoms with Crippen molar-refractivity contribution in [2.75, 3.05) is 16.6 Å². The standard InChI is InChI=1S/C24H24FN3O4S/c1-15-10-11-20(13-21(15)25)33(31,32)28-19-9-5-8-18(12-19)24(30)26-14-22(29)27-23-16(2)6-4-7-17(23)3/h4-13,28H,14H2,1-3H3,(H,26,30)(H,27,29). The Morgan fingerprint density at radius 2 is 1.55 bits per heavy atom. The van der Waals surface area contributed by atoms with E-state index in [0.717, 1.165) is 17.2 Å². The summed E-state index contributed by atoms with van der Waals surface area (Å²) in [5.74, 6) is -1.57. The van der Waals surface area contributed by atoms with Gasteiger partial charge in [-0.1, -0.05) is 30.3 Å². The summed E-state index contributed by atoms with van der Waals surface area (Å²) in [6, 6.07) is 15.0. The van der Waals surface area contributed by atoms with E-state index >= 15 is 0 Å². The van der Waals surface area contributed by atoms with Crippen LogP contribution in [0.4, 0.5) is 15.8 Å². The molecule has 3 N–H and O–H groups in total. The number of hydrogen-bond donors (Lipinski definition) is 3. The average Bonchev–Trinajstić information content (AvgIpc) is 2.76. The van der Waals surface area contributed by atoms with Crippen LogP contribution in [0.25, 0.3) is 0 Å². The van der Waals surface area contributed by atoms with E-state index in [9.17, 15) is 22.4 Å². The van der Waals surface area contributed by atoms with Crippen LogP contribution in [0, 0.1) is 26.6 Å². The van der Waals surface area contributed by atoms with E-state index in [2.05, 4.69) is 15.4 Å². The van der Waals surface area contributed by atoms with E-state index in [4.69, 9.17) is 0 Å². The van der Waals surface area contributed by atoms with Crippen molar-refractivity contribution in [2.24, 2.45) is 0 Å². The summed E-state index contributed by atoms with van der Waals surface area (Å²) in [6.45, 7) is 5.02. The maximum absolute atomic E-state index is 13.8. The predicted octanol–water partition coefficient (Wildman–Crippen LogP) is 3.92. The fourth-order valence-corrected chi connectivity index (χ4v) is 4.20. The van der Waals surface area contributed by atoms with Gasteiger partial charge in [-0.25, -0.2) is 12.8 Å². The first kappa shape index (κ1) is 23.9. The Kier molecular flexibility index (Phi) is 7.13. The Bertz CT molecular complexity index is 1300. The number of para-hydroxylation sites is 1. The molecule has 2 amide bonds. The average molecular weight is 470 g/mol. The Morgan fingerprint density at radius 3 is 2.21 bits per heavy atom. The zero-order valence-corrected chi connectivity index (χ0v) is 19.2. The fraction of sp³-hybridized carbons (Fsp3) is 0.167. The number of halogens is 1. The monoisotopic (exact) mass is 469 g/mol. The van der Waals surface area contributed by atoms with Crippen LogP contribution < -0.4 is 15.4 Å². The molecule has 0 aromatic heterocycles.